The van der Waals surface area contributed by atoms with Crippen molar-refractivity contribution in [3.63, 3.8) is 0 Å². The summed E-state index contributed by atoms with van der Waals surface area (Å²) in [5.41, 5.74) is 4.65. The average molecular weight is 439 g/mol. The summed E-state index contributed by atoms with van der Waals surface area (Å²) >= 11 is 0. The molecule has 0 aliphatic heterocycles. The SMILES string of the molecule is CC(C)C(CC(=O)O)NC(=O)CCCNC(=O)OCC1c2ccccc2-c2ccccc21. The highest BCUT2D eigenvalue weighted by atomic mass is 16.5. The van der Waals surface area contributed by atoms with Gasteiger partial charge < -0.3 is 20.5 Å². The van der Waals surface area contributed by atoms with Crippen molar-refractivity contribution in [1.82, 2.24) is 10.6 Å². The van der Waals surface area contributed by atoms with Crippen LogP contribution >= 0.6 is 0 Å². The van der Waals surface area contributed by atoms with E-state index >= 15 is 0 Å². The van der Waals surface area contributed by atoms with Crippen LogP contribution in [0.15, 0.2) is 48.5 Å². The molecule has 3 rings (SSSR count). The summed E-state index contributed by atoms with van der Waals surface area (Å²) in [6, 6.07) is 15.9. The lowest BCUT2D eigenvalue weighted by Crippen LogP contribution is -2.40. The first-order chi connectivity index (χ1) is 15.4. The first-order valence-corrected chi connectivity index (χ1v) is 11.0. The van der Waals surface area contributed by atoms with Crippen LogP contribution in [0.3, 0.4) is 0 Å². The van der Waals surface area contributed by atoms with Gasteiger partial charge in [-0.2, -0.15) is 0 Å². The van der Waals surface area contributed by atoms with E-state index in [9.17, 15) is 14.4 Å². The van der Waals surface area contributed by atoms with Crippen molar-refractivity contribution in [2.75, 3.05) is 13.2 Å². The first-order valence-electron chi connectivity index (χ1n) is 11.0. The van der Waals surface area contributed by atoms with Crippen LogP contribution in [0.5, 0.6) is 0 Å². The normalized spacial score (nSPS) is 13.2. The number of rotatable bonds is 10. The number of carbonyl (C=O) groups is 3. The summed E-state index contributed by atoms with van der Waals surface area (Å²) in [6.07, 6.45) is 0.0140. The molecule has 170 valence electrons. The number of hydrogen-bond acceptors (Lipinski definition) is 4. The molecule has 0 fully saturated rings. The van der Waals surface area contributed by atoms with Crippen molar-refractivity contribution in [3.8, 4) is 11.1 Å². The highest BCUT2D eigenvalue weighted by molar-refractivity contribution is 5.79. The summed E-state index contributed by atoms with van der Waals surface area (Å²) in [5, 5.41) is 14.4. The molecule has 7 nitrogen and oxygen atoms in total. The lowest BCUT2D eigenvalue weighted by molar-refractivity contribution is -0.138. The van der Waals surface area contributed by atoms with Crippen LogP contribution in [0.2, 0.25) is 0 Å². The maximum Gasteiger partial charge on any atom is 0.407 e. The third kappa shape index (κ3) is 5.87. The van der Waals surface area contributed by atoms with E-state index in [0.29, 0.717) is 13.0 Å². The lowest BCUT2D eigenvalue weighted by atomic mass is 9.98. The van der Waals surface area contributed by atoms with Crippen molar-refractivity contribution in [3.05, 3.63) is 59.7 Å². The van der Waals surface area contributed by atoms with Crippen LogP contribution in [0.25, 0.3) is 11.1 Å². The maximum atomic E-state index is 12.2. The van der Waals surface area contributed by atoms with Crippen molar-refractivity contribution >= 4 is 18.0 Å². The number of amides is 2. The minimum absolute atomic E-state index is 0.00105. The average Bonchev–Trinajstić information content (AvgIpc) is 3.08. The molecule has 0 aromatic heterocycles. The van der Waals surface area contributed by atoms with Gasteiger partial charge in [0.05, 0.1) is 6.42 Å². The number of benzene rings is 2. The number of fused-ring (bicyclic) bond motifs is 3. The monoisotopic (exact) mass is 438 g/mol. The predicted molar refractivity (Wildman–Crippen MR) is 121 cm³/mol. The number of alkyl carbamates (subject to hydrolysis) is 1. The Labute approximate surface area is 188 Å². The van der Waals surface area contributed by atoms with Gasteiger partial charge in [0.15, 0.2) is 0 Å². The van der Waals surface area contributed by atoms with Gasteiger partial charge in [0.2, 0.25) is 5.91 Å². The zero-order chi connectivity index (χ0) is 23.1. The molecule has 0 spiro atoms. The number of ether oxygens (including phenoxy) is 1. The van der Waals surface area contributed by atoms with E-state index in [0.717, 1.165) is 11.1 Å². The Bertz CT molecular complexity index is 927. The lowest BCUT2D eigenvalue weighted by Gasteiger charge is -2.20. The second-order valence-electron chi connectivity index (χ2n) is 8.37. The summed E-state index contributed by atoms with van der Waals surface area (Å²) in [6.45, 7) is 4.28. The van der Waals surface area contributed by atoms with Gasteiger partial charge in [0.25, 0.3) is 0 Å². The molecule has 2 amide bonds. The van der Waals surface area contributed by atoms with Gasteiger partial charge in [-0.15, -0.1) is 0 Å². The molecule has 7 heteroatoms. The van der Waals surface area contributed by atoms with Crippen molar-refractivity contribution in [2.24, 2.45) is 5.92 Å². The van der Waals surface area contributed by atoms with Crippen LogP contribution in [-0.2, 0) is 14.3 Å². The molecule has 1 unspecified atom stereocenters. The quantitative estimate of drug-likeness (QED) is 0.488. The Morgan fingerprint density at radius 3 is 2.16 bits per heavy atom. The molecular weight excluding hydrogens is 408 g/mol. The summed E-state index contributed by atoms with van der Waals surface area (Å²) < 4.78 is 5.47. The summed E-state index contributed by atoms with van der Waals surface area (Å²) in [4.78, 5) is 35.1. The van der Waals surface area contributed by atoms with Gasteiger partial charge in [-0.1, -0.05) is 62.4 Å². The fraction of sp³-hybridized carbons (Fsp3) is 0.400. The van der Waals surface area contributed by atoms with E-state index < -0.39 is 18.1 Å². The highest BCUT2D eigenvalue weighted by Crippen LogP contribution is 2.44. The molecule has 3 N–H and O–H groups in total. The van der Waals surface area contributed by atoms with Crippen molar-refractivity contribution < 1.29 is 24.2 Å². The first kappa shape index (κ1) is 23.3. The Kier molecular flexibility index (Phi) is 7.87. The fourth-order valence-electron chi connectivity index (χ4n) is 4.01. The van der Waals surface area contributed by atoms with E-state index in [-0.39, 0.29) is 37.2 Å². The number of aliphatic carboxylic acids is 1. The number of carbonyl (C=O) groups excluding carboxylic acids is 2. The number of hydrogen-bond donors (Lipinski definition) is 3. The number of carboxylic acids is 1. The number of nitrogens with one attached hydrogen (secondary N) is 2. The predicted octanol–water partition coefficient (Wildman–Crippen LogP) is 3.92. The van der Waals surface area contributed by atoms with Gasteiger partial charge in [-0.25, -0.2) is 4.79 Å². The molecule has 0 saturated carbocycles. The fourth-order valence-corrected chi connectivity index (χ4v) is 4.01. The second kappa shape index (κ2) is 10.8. The van der Waals surface area contributed by atoms with Crippen molar-refractivity contribution in [1.29, 1.82) is 0 Å². The van der Waals surface area contributed by atoms with E-state index in [2.05, 4.69) is 34.9 Å². The Morgan fingerprint density at radius 1 is 1.00 bits per heavy atom. The largest absolute Gasteiger partial charge is 0.481 e. The van der Waals surface area contributed by atoms with Crippen LogP contribution in [0, 0.1) is 5.92 Å². The topological polar surface area (TPSA) is 105 Å². The highest BCUT2D eigenvalue weighted by Gasteiger charge is 2.29. The van der Waals surface area contributed by atoms with Gasteiger partial charge in [0.1, 0.15) is 6.61 Å². The molecule has 0 radical (unpaired) electrons. The third-order valence-corrected chi connectivity index (χ3v) is 5.74. The van der Waals surface area contributed by atoms with Crippen LogP contribution in [0.1, 0.15) is 50.2 Å². The minimum atomic E-state index is -0.944. The van der Waals surface area contributed by atoms with Crippen LogP contribution in [0.4, 0.5) is 4.79 Å². The third-order valence-electron chi connectivity index (χ3n) is 5.74. The van der Waals surface area contributed by atoms with E-state index in [1.807, 2.05) is 38.1 Å². The van der Waals surface area contributed by atoms with Crippen LogP contribution in [-0.4, -0.2) is 42.3 Å². The molecule has 1 aliphatic carbocycles. The van der Waals surface area contributed by atoms with Gasteiger partial charge >= 0.3 is 12.1 Å². The number of carboxylic acid groups (broad SMARTS) is 1. The summed E-state index contributed by atoms with van der Waals surface area (Å²) in [5.74, 6) is -1.14. The van der Waals surface area contributed by atoms with Gasteiger partial charge in [-0.3, -0.25) is 9.59 Å². The molecule has 0 saturated heterocycles. The Hall–Kier alpha value is -3.35. The molecule has 2 aromatic carbocycles. The molecule has 0 bridgehead atoms. The standard InChI is InChI=1S/C25H30N2O5/c1-16(2)22(14-24(29)30)27-23(28)12-7-13-26-25(31)32-15-21-19-10-5-3-8-17(19)18-9-4-6-11-20(18)21/h3-6,8-11,16,21-22H,7,12-15H2,1-2H3,(H,26,31)(H,27,28)(H,29,30). The molecule has 0 heterocycles. The van der Waals surface area contributed by atoms with Gasteiger partial charge in [-0.05, 0) is 34.6 Å². The minimum Gasteiger partial charge on any atom is -0.481 e. The maximum absolute atomic E-state index is 12.2. The Balaban J connectivity index is 1.42. The molecule has 1 atom stereocenters. The second-order valence-corrected chi connectivity index (χ2v) is 8.37. The van der Waals surface area contributed by atoms with Crippen LogP contribution < -0.4 is 10.6 Å². The molecular formula is C25H30N2O5. The van der Waals surface area contributed by atoms with E-state index in [4.69, 9.17) is 9.84 Å². The van der Waals surface area contributed by atoms with Gasteiger partial charge in [0, 0.05) is 24.9 Å². The zero-order valence-electron chi connectivity index (χ0n) is 18.5. The van der Waals surface area contributed by atoms with Crippen molar-refractivity contribution in [2.45, 2.75) is 45.1 Å². The Morgan fingerprint density at radius 2 is 1.59 bits per heavy atom. The zero-order valence-corrected chi connectivity index (χ0v) is 18.5. The smallest absolute Gasteiger partial charge is 0.407 e. The van der Waals surface area contributed by atoms with E-state index in [1.54, 1.807) is 0 Å². The van der Waals surface area contributed by atoms with E-state index in [1.165, 1.54) is 11.1 Å². The molecule has 1 aliphatic rings. The summed E-state index contributed by atoms with van der Waals surface area (Å²) in [7, 11) is 0. The molecule has 32 heavy (non-hydrogen) atoms. The molecule has 2 aromatic rings.